The van der Waals surface area contributed by atoms with Crippen LogP contribution in [-0.4, -0.2) is 15.3 Å². The fraction of sp³-hybridized carbons (Fsp3) is 0.0667. The second kappa shape index (κ2) is 4.24. The number of anilines is 1. The van der Waals surface area contributed by atoms with Crippen LogP contribution in [0.15, 0.2) is 48.8 Å². The van der Waals surface area contributed by atoms with Gasteiger partial charge in [0.25, 0.3) is 0 Å². The molecule has 0 atom stereocenters. The van der Waals surface area contributed by atoms with Crippen molar-refractivity contribution in [1.82, 2.24) is 9.55 Å². The summed E-state index contributed by atoms with van der Waals surface area (Å²) in [6, 6.07) is 12.5. The molecule has 4 nitrogen and oxygen atoms in total. The van der Waals surface area contributed by atoms with Crippen LogP contribution in [0.5, 0.6) is 0 Å². The number of aromatic nitrogens is 2. The zero-order chi connectivity index (χ0) is 13.4. The molecule has 3 rings (SSSR count). The van der Waals surface area contributed by atoms with Crippen LogP contribution < -0.4 is 5.73 Å². The first-order chi connectivity index (χ1) is 9.15. The van der Waals surface area contributed by atoms with Crippen molar-refractivity contribution < 1.29 is 4.79 Å². The van der Waals surface area contributed by atoms with Gasteiger partial charge in [0.2, 0.25) is 0 Å². The Balaban J connectivity index is 2.03. The third-order valence-electron chi connectivity index (χ3n) is 3.16. The molecule has 0 saturated carbocycles. The number of carbonyl (C=O) groups is 1. The molecule has 0 amide bonds. The molecule has 1 aromatic heterocycles. The molecule has 0 spiro atoms. The van der Waals surface area contributed by atoms with Gasteiger partial charge in [-0.05, 0) is 42.5 Å². The SMILES string of the molecule is Cn1cnc2cc(C(=O)c3ccc(N)cc3)ccc21. The van der Waals surface area contributed by atoms with Gasteiger partial charge in [-0.1, -0.05) is 0 Å². The number of nitrogens with two attached hydrogens (primary N) is 1. The lowest BCUT2D eigenvalue weighted by Crippen LogP contribution is -2.01. The van der Waals surface area contributed by atoms with Gasteiger partial charge in [-0.2, -0.15) is 0 Å². The third-order valence-corrected chi connectivity index (χ3v) is 3.16. The van der Waals surface area contributed by atoms with E-state index in [1.165, 1.54) is 0 Å². The highest BCUT2D eigenvalue weighted by Gasteiger charge is 2.10. The number of nitrogen functional groups attached to an aromatic ring is 1. The molecule has 0 radical (unpaired) electrons. The average Bonchev–Trinajstić information content (AvgIpc) is 2.80. The van der Waals surface area contributed by atoms with Gasteiger partial charge in [-0.25, -0.2) is 4.98 Å². The van der Waals surface area contributed by atoms with Crippen molar-refractivity contribution in [2.45, 2.75) is 0 Å². The van der Waals surface area contributed by atoms with Crippen LogP contribution in [0.2, 0.25) is 0 Å². The lowest BCUT2D eigenvalue weighted by Gasteiger charge is -2.02. The maximum Gasteiger partial charge on any atom is 0.193 e. The van der Waals surface area contributed by atoms with Crippen LogP contribution >= 0.6 is 0 Å². The van der Waals surface area contributed by atoms with E-state index in [4.69, 9.17) is 5.73 Å². The summed E-state index contributed by atoms with van der Waals surface area (Å²) in [6.07, 6.45) is 1.74. The molecule has 1 heterocycles. The molecule has 0 aliphatic carbocycles. The zero-order valence-corrected chi connectivity index (χ0v) is 10.5. The van der Waals surface area contributed by atoms with Crippen molar-refractivity contribution >= 4 is 22.5 Å². The fourth-order valence-corrected chi connectivity index (χ4v) is 2.08. The van der Waals surface area contributed by atoms with E-state index in [1.54, 1.807) is 30.6 Å². The number of hydrogen-bond donors (Lipinski definition) is 1. The number of hydrogen-bond acceptors (Lipinski definition) is 3. The summed E-state index contributed by atoms with van der Waals surface area (Å²) in [5.74, 6) is -0.0208. The minimum atomic E-state index is -0.0208. The molecule has 94 valence electrons. The van der Waals surface area contributed by atoms with E-state index in [1.807, 2.05) is 29.8 Å². The predicted molar refractivity (Wildman–Crippen MR) is 75.0 cm³/mol. The third kappa shape index (κ3) is 1.97. The second-order valence-electron chi connectivity index (χ2n) is 4.51. The van der Waals surface area contributed by atoms with Crippen LogP contribution in [0.1, 0.15) is 15.9 Å². The number of imidazole rings is 1. The molecule has 0 aliphatic rings. The molecular weight excluding hydrogens is 238 g/mol. The normalized spacial score (nSPS) is 10.8. The number of benzene rings is 2. The first-order valence-corrected chi connectivity index (χ1v) is 5.96. The highest BCUT2D eigenvalue weighted by atomic mass is 16.1. The van der Waals surface area contributed by atoms with E-state index in [-0.39, 0.29) is 5.78 Å². The van der Waals surface area contributed by atoms with E-state index in [0.717, 1.165) is 11.0 Å². The van der Waals surface area contributed by atoms with Crippen LogP contribution in [0.3, 0.4) is 0 Å². The van der Waals surface area contributed by atoms with Crippen molar-refractivity contribution in [3.63, 3.8) is 0 Å². The lowest BCUT2D eigenvalue weighted by molar-refractivity contribution is 0.103. The van der Waals surface area contributed by atoms with Gasteiger partial charge in [0.1, 0.15) is 0 Å². The summed E-state index contributed by atoms with van der Waals surface area (Å²) in [6.45, 7) is 0. The summed E-state index contributed by atoms with van der Waals surface area (Å²) < 4.78 is 1.92. The Morgan fingerprint density at radius 2 is 1.79 bits per heavy atom. The smallest absolute Gasteiger partial charge is 0.193 e. The molecule has 4 heteroatoms. The predicted octanol–water partition coefficient (Wildman–Crippen LogP) is 2.39. The van der Waals surface area contributed by atoms with Crippen molar-refractivity contribution in [3.05, 3.63) is 59.9 Å². The Morgan fingerprint density at radius 1 is 1.11 bits per heavy atom. The number of fused-ring (bicyclic) bond motifs is 1. The topological polar surface area (TPSA) is 60.9 Å². The molecule has 0 bridgehead atoms. The number of aryl methyl sites for hydroxylation is 1. The van der Waals surface area contributed by atoms with Crippen LogP contribution in [0.4, 0.5) is 5.69 Å². The first-order valence-electron chi connectivity index (χ1n) is 5.96. The molecule has 0 unspecified atom stereocenters. The largest absolute Gasteiger partial charge is 0.399 e. The Morgan fingerprint density at radius 3 is 2.53 bits per heavy atom. The maximum absolute atomic E-state index is 12.3. The first kappa shape index (κ1) is 11.5. The van der Waals surface area contributed by atoms with Crippen LogP contribution in [0.25, 0.3) is 11.0 Å². The lowest BCUT2D eigenvalue weighted by atomic mass is 10.0. The van der Waals surface area contributed by atoms with Crippen molar-refractivity contribution in [1.29, 1.82) is 0 Å². The van der Waals surface area contributed by atoms with Crippen molar-refractivity contribution in [2.75, 3.05) is 5.73 Å². The monoisotopic (exact) mass is 251 g/mol. The van der Waals surface area contributed by atoms with Crippen LogP contribution in [-0.2, 0) is 7.05 Å². The second-order valence-corrected chi connectivity index (χ2v) is 4.51. The Labute approximate surface area is 110 Å². The molecule has 0 aliphatic heterocycles. The summed E-state index contributed by atoms with van der Waals surface area (Å²) in [7, 11) is 1.93. The highest BCUT2D eigenvalue weighted by molar-refractivity contribution is 6.10. The van der Waals surface area contributed by atoms with Crippen molar-refractivity contribution in [3.8, 4) is 0 Å². The Bertz CT molecular complexity index is 757. The van der Waals surface area contributed by atoms with Gasteiger partial charge in [-0.3, -0.25) is 4.79 Å². The standard InChI is InChI=1S/C15H13N3O/c1-18-9-17-13-8-11(4-7-14(13)18)15(19)10-2-5-12(16)6-3-10/h2-9H,16H2,1H3. The summed E-state index contributed by atoms with van der Waals surface area (Å²) >= 11 is 0. The van der Waals surface area contributed by atoms with Gasteiger partial charge in [0.15, 0.2) is 5.78 Å². The average molecular weight is 251 g/mol. The zero-order valence-electron chi connectivity index (χ0n) is 10.5. The molecular formula is C15H13N3O. The molecule has 19 heavy (non-hydrogen) atoms. The summed E-state index contributed by atoms with van der Waals surface area (Å²) in [5.41, 5.74) is 9.36. The van der Waals surface area contributed by atoms with E-state index >= 15 is 0 Å². The number of carbonyl (C=O) groups excluding carboxylic acids is 1. The van der Waals surface area contributed by atoms with Gasteiger partial charge in [0, 0.05) is 23.9 Å². The van der Waals surface area contributed by atoms with E-state index < -0.39 is 0 Å². The number of rotatable bonds is 2. The molecule has 3 aromatic rings. The minimum Gasteiger partial charge on any atom is -0.399 e. The quantitative estimate of drug-likeness (QED) is 0.562. The van der Waals surface area contributed by atoms with Gasteiger partial charge in [-0.15, -0.1) is 0 Å². The van der Waals surface area contributed by atoms with Crippen molar-refractivity contribution in [2.24, 2.45) is 7.05 Å². The molecule has 2 aromatic carbocycles. The molecule has 0 saturated heterocycles. The maximum atomic E-state index is 12.3. The number of ketones is 1. The van der Waals surface area contributed by atoms with Crippen LogP contribution in [0, 0.1) is 0 Å². The summed E-state index contributed by atoms with van der Waals surface area (Å²) in [5, 5.41) is 0. The van der Waals surface area contributed by atoms with Gasteiger partial charge < -0.3 is 10.3 Å². The minimum absolute atomic E-state index is 0.0208. The fourth-order valence-electron chi connectivity index (χ4n) is 2.08. The van der Waals surface area contributed by atoms with Gasteiger partial charge >= 0.3 is 0 Å². The highest BCUT2D eigenvalue weighted by Crippen LogP contribution is 2.17. The van der Waals surface area contributed by atoms with E-state index in [2.05, 4.69) is 4.98 Å². The Hall–Kier alpha value is -2.62. The Kier molecular flexibility index (Phi) is 2.56. The number of nitrogens with zero attached hydrogens (tertiary/aromatic N) is 2. The van der Waals surface area contributed by atoms with E-state index in [0.29, 0.717) is 16.8 Å². The molecule has 2 N–H and O–H groups in total. The van der Waals surface area contributed by atoms with Gasteiger partial charge in [0.05, 0.1) is 17.4 Å². The summed E-state index contributed by atoms with van der Waals surface area (Å²) in [4.78, 5) is 16.6. The van der Waals surface area contributed by atoms with E-state index in [9.17, 15) is 4.79 Å². The molecule has 0 fully saturated rings.